The molecule has 0 aliphatic rings. The molecular weight excluding hydrogens is 564 g/mol. The third-order valence-corrected chi connectivity index (χ3v) is 9.20. The van der Waals surface area contributed by atoms with Gasteiger partial charge in [0.15, 0.2) is 11.5 Å². The average Bonchev–Trinajstić information content (AvgIpc) is 2.86. The van der Waals surface area contributed by atoms with Gasteiger partial charge < -0.3 is 12.5 Å². The van der Waals surface area contributed by atoms with Gasteiger partial charge in [0.1, 0.15) is 14.7 Å². The Kier molecular flexibility index (Phi) is 7.73. The maximum Gasteiger partial charge on any atom is 0.339 e. The number of para-hydroxylation sites is 1. The minimum Gasteiger partial charge on any atom is -0.375 e. The van der Waals surface area contributed by atoms with E-state index in [4.69, 9.17) is 12.5 Å². The molecule has 0 spiro atoms. The molecule has 4 rings (SSSR count). The van der Waals surface area contributed by atoms with Crippen LogP contribution in [0.5, 0.6) is 17.2 Å². The lowest BCUT2D eigenvalue weighted by molar-refractivity contribution is 0.428. The van der Waals surface area contributed by atoms with Gasteiger partial charge in [0.2, 0.25) is 5.75 Å². The molecule has 0 N–H and O–H groups in total. The predicted molar refractivity (Wildman–Crippen MR) is 143 cm³/mol. The molecule has 204 valence electrons. The quantitative estimate of drug-likeness (QED) is 0.250. The number of hydrogen-bond donors (Lipinski definition) is 0. The fourth-order valence-electron chi connectivity index (χ4n) is 3.31. The van der Waals surface area contributed by atoms with Crippen LogP contribution in [-0.4, -0.2) is 25.3 Å². The standard InChI is InChI=1S/C27H24O9S3/c1-19-7-13-22(14-8-19)37(28,29)34-25-5-4-6-26(35-38(30,31)23-15-9-20(2)10-16-23)27(25)36-39(32,33)24-17-11-21(3)12-18-24/h4-18H,1-3H3. The lowest BCUT2D eigenvalue weighted by atomic mass is 10.2. The Morgan fingerprint density at radius 3 is 1.00 bits per heavy atom. The van der Waals surface area contributed by atoms with E-state index in [0.717, 1.165) is 28.8 Å². The van der Waals surface area contributed by atoms with E-state index in [1.165, 1.54) is 42.5 Å². The summed E-state index contributed by atoms with van der Waals surface area (Å²) in [7, 11) is -13.5. The summed E-state index contributed by atoms with van der Waals surface area (Å²) in [6.07, 6.45) is 0. The van der Waals surface area contributed by atoms with Gasteiger partial charge in [-0.25, -0.2) is 0 Å². The fraction of sp³-hybridized carbons (Fsp3) is 0.111. The molecule has 0 bridgehead atoms. The van der Waals surface area contributed by atoms with Gasteiger partial charge in [0.05, 0.1) is 0 Å². The summed E-state index contributed by atoms with van der Waals surface area (Å²) in [5.41, 5.74) is 2.40. The molecule has 4 aromatic carbocycles. The highest BCUT2D eigenvalue weighted by atomic mass is 32.2. The zero-order valence-electron chi connectivity index (χ0n) is 21.1. The SMILES string of the molecule is Cc1ccc(S(=O)(=O)Oc2cccc(OS(=O)(=O)c3ccc(C)cc3)c2OS(=O)(=O)c2ccc(C)cc2)cc1. The van der Waals surface area contributed by atoms with E-state index in [9.17, 15) is 25.3 Å². The molecule has 0 saturated carbocycles. The molecule has 0 radical (unpaired) electrons. The van der Waals surface area contributed by atoms with Gasteiger partial charge in [-0.3, -0.25) is 0 Å². The van der Waals surface area contributed by atoms with Crippen LogP contribution in [0.3, 0.4) is 0 Å². The van der Waals surface area contributed by atoms with Gasteiger partial charge in [-0.2, -0.15) is 25.3 Å². The molecule has 12 heteroatoms. The molecular formula is C27H24O9S3. The van der Waals surface area contributed by atoms with Crippen LogP contribution < -0.4 is 12.5 Å². The van der Waals surface area contributed by atoms with E-state index in [-0.39, 0.29) is 14.7 Å². The number of benzene rings is 4. The maximum absolute atomic E-state index is 13.1. The van der Waals surface area contributed by atoms with Gasteiger partial charge in [0, 0.05) is 0 Å². The van der Waals surface area contributed by atoms with Gasteiger partial charge in [-0.1, -0.05) is 59.2 Å². The first-order valence-electron chi connectivity index (χ1n) is 11.4. The summed E-state index contributed by atoms with van der Waals surface area (Å²) >= 11 is 0. The molecule has 0 aliphatic heterocycles. The van der Waals surface area contributed by atoms with E-state index < -0.39 is 47.6 Å². The number of aryl methyl sites for hydroxylation is 3. The molecule has 0 fully saturated rings. The second-order valence-corrected chi connectivity index (χ2v) is 13.3. The Morgan fingerprint density at radius 2 is 0.692 bits per heavy atom. The molecule has 0 saturated heterocycles. The number of hydrogen-bond acceptors (Lipinski definition) is 9. The Labute approximate surface area is 228 Å². The minimum absolute atomic E-state index is 0.209. The summed E-state index contributed by atoms with van der Waals surface area (Å²) in [5.74, 6) is -1.95. The van der Waals surface area contributed by atoms with Gasteiger partial charge in [-0.15, -0.1) is 0 Å². The Hall–Kier alpha value is -3.87. The topological polar surface area (TPSA) is 130 Å². The lowest BCUT2D eigenvalue weighted by Crippen LogP contribution is -2.16. The molecule has 9 nitrogen and oxygen atoms in total. The first-order chi connectivity index (χ1) is 18.3. The molecule has 0 atom stereocenters. The van der Waals surface area contributed by atoms with Crippen molar-refractivity contribution in [3.05, 3.63) is 108 Å². The summed E-state index contributed by atoms with van der Waals surface area (Å²) in [6.45, 7) is 5.31. The smallest absolute Gasteiger partial charge is 0.339 e. The van der Waals surface area contributed by atoms with Crippen molar-refractivity contribution < 1.29 is 37.8 Å². The Balaban J connectivity index is 1.81. The van der Waals surface area contributed by atoms with E-state index in [0.29, 0.717) is 0 Å². The van der Waals surface area contributed by atoms with E-state index in [2.05, 4.69) is 0 Å². The molecule has 0 amide bonds. The van der Waals surface area contributed by atoms with Crippen molar-refractivity contribution in [3.63, 3.8) is 0 Å². The average molecular weight is 589 g/mol. The van der Waals surface area contributed by atoms with Crippen LogP contribution in [0, 0.1) is 20.8 Å². The van der Waals surface area contributed by atoms with Crippen molar-refractivity contribution in [2.24, 2.45) is 0 Å². The van der Waals surface area contributed by atoms with Crippen LogP contribution in [0.4, 0.5) is 0 Å². The van der Waals surface area contributed by atoms with Crippen molar-refractivity contribution in [2.45, 2.75) is 35.5 Å². The summed E-state index contributed by atoms with van der Waals surface area (Å²) in [4.78, 5) is -0.672. The third-order valence-electron chi connectivity index (χ3n) is 5.46. The monoisotopic (exact) mass is 588 g/mol. The van der Waals surface area contributed by atoms with E-state index >= 15 is 0 Å². The summed E-state index contributed by atoms with van der Waals surface area (Å²) in [6, 6.07) is 20.7. The highest BCUT2D eigenvalue weighted by molar-refractivity contribution is 7.87. The zero-order valence-corrected chi connectivity index (χ0v) is 23.5. The second kappa shape index (κ2) is 10.7. The predicted octanol–water partition coefficient (Wildman–Crippen LogP) is 4.91. The molecule has 4 aromatic rings. The highest BCUT2D eigenvalue weighted by Crippen LogP contribution is 2.41. The normalized spacial score (nSPS) is 12.1. The highest BCUT2D eigenvalue weighted by Gasteiger charge is 2.29. The van der Waals surface area contributed by atoms with E-state index in [1.807, 2.05) is 0 Å². The largest absolute Gasteiger partial charge is 0.375 e. The zero-order chi connectivity index (χ0) is 28.4. The Bertz CT molecular complexity index is 1710. The summed E-state index contributed by atoms with van der Waals surface area (Å²) in [5, 5.41) is 0. The minimum atomic E-state index is -4.58. The molecule has 0 heterocycles. The molecule has 0 unspecified atom stereocenters. The van der Waals surface area contributed by atoms with Gasteiger partial charge >= 0.3 is 30.4 Å². The molecule has 0 aliphatic carbocycles. The lowest BCUT2D eigenvalue weighted by Gasteiger charge is -2.16. The van der Waals surface area contributed by atoms with Crippen molar-refractivity contribution in [1.29, 1.82) is 0 Å². The van der Waals surface area contributed by atoms with Crippen molar-refractivity contribution in [3.8, 4) is 17.2 Å². The van der Waals surface area contributed by atoms with Crippen LogP contribution in [-0.2, 0) is 30.4 Å². The Morgan fingerprint density at radius 1 is 0.410 bits per heavy atom. The third kappa shape index (κ3) is 6.59. The first kappa shape index (κ1) is 28.1. The van der Waals surface area contributed by atoms with Crippen molar-refractivity contribution >= 4 is 30.4 Å². The van der Waals surface area contributed by atoms with Crippen LogP contribution in [0.25, 0.3) is 0 Å². The fourth-order valence-corrected chi connectivity index (χ4v) is 6.13. The van der Waals surface area contributed by atoms with Crippen LogP contribution in [0.1, 0.15) is 16.7 Å². The molecule has 39 heavy (non-hydrogen) atoms. The van der Waals surface area contributed by atoms with Crippen LogP contribution >= 0.6 is 0 Å². The van der Waals surface area contributed by atoms with Crippen molar-refractivity contribution in [2.75, 3.05) is 0 Å². The first-order valence-corrected chi connectivity index (χ1v) is 15.7. The molecule has 0 aromatic heterocycles. The summed E-state index contributed by atoms with van der Waals surface area (Å²) < 4.78 is 94.0. The second-order valence-electron chi connectivity index (χ2n) is 8.63. The maximum atomic E-state index is 13.1. The van der Waals surface area contributed by atoms with Crippen LogP contribution in [0.15, 0.2) is 106 Å². The number of rotatable bonds is 9. The van der Waals surface area contributed by atoms with Gasteiger partial charge in [-0.05, 0) is 69.3 Å². The van der Waals surface area contributed by atoms with Crippen LogP contribution in [0.2, 0.25) is 0 Å². The van der Waals surface area contributed by atoms with Crippen molar-refractivity contribution in [1.82, 2.24) is 0 Å². The van der Waals surface area contributed by atoms with E-state index in [1.54, 1.807) is 57.2 Å². The van der Waals surface area contributed by atoms with Gasteiger partial charge in [0.25, 0.3) is 0 Å².